The van der Waals surface area contributed by atoms with E-state index < -0.39 is 6.04 Å². The number of amides is 2. The largest absolute Gasteiger partial charge is 0.493 e. The summed E-state index contributed by atoms with van der Waals surface area (Å²) < 4.78 is 10.5. The first kappa shape index (κ1) is 17.8. The zero-order valence-corrected chi connectivity index (χ0v) is 14.9. The molecule has 1 fully saturated rings. The second-order valence-electron chi connectivity index (χ2n) is 6.09. The van der Waals surface area contributed by atoms with Crippen LogP contribution in [0.15, 0.2) is 48.5 Å². The predicted octanol–water partition coefficient (Wildman–Crippen LogP) is 2.49. The Morgan fingerprint density at radius 1 is 1.04 bits per heavy atom. The summed E-state index contributed by atoms with van der Waals surface area (Å²) in [6.07, 6.45) is 0.746. The van der Waals surface area contributed by atoms with Crippen LogP contribution in [0.3, 0.4) is 0 Å². The summed E-state index contributed by atoms with van der Waals surface area (Å²) in [5, 5.41) is 3.13. The van der Waals surface area contributed by atoms with Crippen LogP contribution in [-0.2, 0) is 16.0 Å². The number of carbonyl (C=O) groups is 2. The number of imide groups is 1. The van der Waals surface area contributed by atoms with E-state index in [0.29, 0.717) is 24.5 Å². The fourth-order valence-electron chi connectivity index (χ4n) is 3.04. The Bertz CT molecular complexity index is 792. The van der Waals surface area contributed by atoms with Crippen molar-refractivity contribution >= 4 is 17.5 Å². The molecule has 6 heteroatoms. The average molecular weight is 354 g/mol. The zero-order chi connectivity index (χ0) is 18.5. The summed E-state index contributed by atoms with van der Waals surface area (Å²) in [6.45, 7) is 0.347. The minimum atomic E-state index is -0.504. The SMILES string of the molecule is COc1ccc(CCN2C(=O)CC(Nc3ccccc3)C2=O)cc1OC. The smallest absolute Gasteiger partial charge is 0.252 e. The van der Waals surface area contributed by atoms with E-state index in [1.165, 1.54) is 4.90 Å². The van der Waals surface area contributed by atoms with Crippen molar-refractivity contribution in [3.05, 3.63) is 54.1 Å². The number of hydrogen-bond donors (Lipinski definition) is 1. The van der Waals surface area contributed by atoms with Crippen LogP contribution in [0.1, 0.15) is 12.0 Å². The molecule has 1 saturated heterocycles. The molecule has 2 amide bonds. The van der Waals surface area contributed by atoms with Crippen molar-refractivity contribution in [2.45, 2.75) is 18.9 Å². The summed E-state index contributed by atoms with van der Waals surface area (Å²) in [7, 11) is 3.16. The van der Waals surface area contributed by atoms with Gasteiger partial charge in [-0.3, -0.25) is 14.5 Å². The molecule has 2 aromatic rings. The number of methoxy groups -OCH3 is 2. The number of para-hydroxylation sites is 1. The molecule has 1 N–H and O–H groups in total. The van der Waals surface area contributed by atoms with Crippen LogP contribution in [-0.4, -0.2) is 43.5 Å². The number of anilines is 1. The molecule has 136 valence electrons. The van der Waals surface area contributed by atoms with Crippen molar-refractivity contribution in [1.29, 1.82) is 0 Å². The number of ether oxygens (including phenoxy) is 2. The van der Waals surface area contributed by atoms with Crippen molar-refractivity contribution in [2.24, 2.45) is 0 Å². The van der Waals surface area contributed by atoms with Gasteiger partial charge in [0.15, 0.2) is 11.5 Å². The number of hydrogen-bond acceptors (Lipinski definition) is 5. The Hall–Kier alpha value is -3.02. The molecule has 1 atom stereocenters. The Kier molecular flexibility index (Phi) is 5.41. The first-order valence-electron chi connectivity index (χ1n) is 8.49. The van der Waals surface area contributed by atoms with Gasteiger partial charge < -0.3 is 14.8 Å². The molecule has 0 spiro atoms. The molecule has 0 radical (unpaired) electrons. The third-order valence-electron chi connectivity index (χ3n) is 4.43. The van der Waals surface area contributed by atoms with Crippen LogP contribution >= 0.6 is 0 Å². The van der Waals surface area contributed by atoms with Crippen molar-refractivity contribution < 1.29 is 19.1 Å². The molecule has 1 heterocycles. The van der Waals surface area contributed by atoms with Gasteiger partial charge in [-0.05, 0) is 36.2 Å². The highest BCUT2D eigenvalue weighted by atomic mass is 16.5. The fourth-order valence-corrected chi connectivity index (χ4v) is 3.04. The van der Waals surface area contributed by atoms with E-state index >= 15 is 0 Å². The Balaban J connectivity index is 1.63. The highest BCUT2D eigenvalue weighted by molar-refractivity contribution is 6.06. The summed E-state index contributed by atoms with van der Waals surface area (Å²) in [4.78, 5) is 26.1. The minimum Gasteiger partial charge on any atom is -0.493 e. The lowest BCUT2D eigenvalue weighted by molar-refractivity contribution is -0.138. The van der Waals surface area contributed by atoms with Crippen LogP contribution < -0.4 is 14.8 Å². The number of carbonyl (C=O) groups excluding carboxylic acids is 2. The quantitative estimate of drug-likeness (QED) is 0.774. The Labute approximate surface area is 152 Å². The summed E-state index contributed by atoms with van der Waals surface area (Å²) in [6, 6.07) is 14.5. The maximum atomic E-state index is 12.6. The molecule has 0 aromatic heterocycles. The lowest BCUT2D eigenvalue weighted by Crippen LogP contribution is -2.36. The van der Waals surface area contributed by atoms with E-state index in [2.05, 4.69) is 5.32 Å². The van der Waals surface area contributed by atoms with Crippen LogP contribution in [0.5, 0.6) is 11.5 Å². The average Bonchev–Trinajstić information content (AvgIpc) is 2.93. The fraction of sp³-hybridized carbons (Fsp3) is 0.300. The van der Waals surface area contributed by atoms with Gasteiger partial charge in [-0.25, -0.2) is 0 Å². The maximum Gasteiger partial charge on any atom is 0.252 e. The third-order valence-corrected chi connectivity index (χ3v) is 4.43. The molecule has 1 aliphatic rings. The van der Waals surface area contributed by atoms with Crippen molar-refractivity contribution in [1.82, 2.24) is 4.90 Å². The van der Waals surface area contributed by atoms with Gasteiger partial charge >= 0.3 is 0 Å². The molecule has 0 aliphatic carbocycles. The van der Waals surface area contributed by atoms with E-state index in [1.54, 1.807) is 14.2 Å². The number of nitrogens with one attached hydrogen (secondary N) is 1. The minimum absolute atomic E-state index is 0.149. The van der Waals surface area contributed by atoms with Gasteiger partial charge in [-0.15, -0.1) is 0 Å². The van der Waals surface area contributed by atoms with E-state index in [0.717, 1.165) is 11.3 Å². The van der Waals surface area contributed by atoms with Gasteiger partial charge in [-0.2, -0.15) is 0 Å². The van der Waals surface area contributed by atoms with Crippen molar-refractivity contribution in [3.63, 3.8) is 0 Å². The zero-order valence-electron chi connectivity index (χ0n) is 14.9. The second kappa shape index (κ2) is 7.91. The Morgan fingerprint density at radius 3 is 2.46 bits per heavy atom. The van der Waals surface area contributed by atoms with E-state index in [4.69, 9.17) is 9.47 Å². The molecule has 0 saturated carbocycles. The first-order chi connectivity index (χ1) is 12.6. The lowest BCUT2D eigenvalue weighted by Gasteiger charge is -2.16. The third kappa shape index (κ3) is 3.79. The monoisotopic (exact) mass is 354 g/mol. The normalized spacial score (nSPS) is 16.7. The number of nitrogens with zero attached hydrogens (tertiary/aromatic N) is 1. The highest BCUT2D eigenvalue weighted by Crippen LogP contribution is 2.28. The number of rotatable bonds is 7. The summed E-state index contributed by atoms with van der Waals surface area (Å²) in [5.41, 5.74) is 1.81. The van der Waals surface area contributed by atoms with Gasteiger partial charge in [0.2, 0.25) is 5.91 Å². The van der Waals surface area contributed by atoms with Crippen LogP contribution in [0.2, 0.25) is 0 Å². The molecule has 0 bridgehead atoms. The molecule has 6 nitrogen and oxygen atoms in total. The molecule has 2 aromatic carbocycles. The lowest BCUT2D eigenvalue weighted by atomic mass is 10.1. The molecule has 3 rings (SSSR count). The molecule has 1 unspecified atom stereocenters. The van der Waals surface area contributed by atoms with Gasteiger partial charge in [0.25, 0.3) is 5.91 Å². The van der Waals surface area contributed by atoms with Crippen LogP contribution in [0.25, 0.3) is 0 Å². The molecule has 1 aliphatic heterocycles. The van der Waals surface area contributed by atoms with Crippen molar-refractivity contribution in [3.8, 4) is 11.5 Å². The van der Waals surface area contributed by atoms with Gasteiger partial charge in [-0.1, -0.05) is 24.3 Å². The van der Waals surface area contributed by atoms with Gasteiger partial charge in [0.05, 0.1) is 20.6 Å². The van der Waals surface area contributed by atoms with E-state index in [9.17, 15) is 9.59 Å². The first-order valence-corrected chi connectivity index (χ1v) is 8.49. The number of likely N-dealkylation sites (tertiary alicyclic amines) is 1. The highest BCUT2D eigenvalue weighted by Gasteiger charge is 2.38. The van der Waals surface area contributed by atoms with E-state index in [1.807, 2.05) is 48.5 Å². The van der Waals surface area contributed by atoms with Crippen molar-refractivity contribution in [2.75, 3.05) is 26.1 Å². The Morgan fingerprint density at radius 2 is 1.77 bits per heavy atom. The molecular formula is C20H22N2O4. The number of benzene rings is 2. The second-order valence-corrected chi connectivity index (χ2v) is 6.09. The van der Waals surface area contributed by atoms with Gasteiger partial charge in [0.1, 0.15) is 6.04 Å². The van der Waals surface area contributed by atoms with Crippen LogP contribution in [0.4, 0.5) is 5.69 Å². The maximum absolute atomic E-state index is 12.6. The topological polar surface area (TPSA) is 67.9 Å². The van der Waals surface area contributed by atoms with Crippen LogP contribution in [0, 0.1) is 0 Å². The van der Waals surface area contributed by atoms with Gasteiger partial charge in [0, 0.05) is 12.2 Å². The molecule has 26 heavy (non-hydrogen) atoms. The van der Waals surface area contributed by atoms with E-state index in [-0.39, 0.29) is 18.2 Å². The molecular weight excluding hydrogens is 332 g/mol. The summed E-state index contributed by atoms with van der Waals surface area (Å²) in [5.74, 6) is 0.952. The predicted molar refractivity (Wildman–Crippen MR) is 98.4 cm³/mol. The standard InChI is InChI=1S/C20H22N2O4/c1-25-17-9-8-14(12-18(17)26-2)10-11-22-19(23)13-16(20(22)24)21-15-6-4-3-5-7-15/h3-9,12,16,21H,10-11,13H2,1-2H3. The summed E-state index contributed by atoms with van der Waals surface area (Å²) >= 11 is 0.